The number of aliphatic hydroxyl groups is 2. The van der Waals surface area contributed by atoms with Crippen molar-refractivity contribution < 1.29 is 24.9 Å². The maximum Gasteiger partial charge on any atom is 0.260 e. The monoisotopic (exact) mass is 606 g/mol. The number of fused-ring (bicyclic) bond motifs is 4. The van der Waals surface area contributed by atoms with Gasteiger partial charge in [-0.15, -0.1) is 0 Å². The van der Waals surface area contributed by atoms with Crippen LogP contribution in [0.4, 0.5) is 0 Å². The Bertz CT molecular complexity index is 2650. The molecule has 4 aliphatic carbocycles. The third-order valence-corrected chi connectivity index (χ3v) is 8.81. The minimum atomic E-state index is -2.03. The van der Waals surface area contributed by atoms with Gasteiger partial charge in [0.05, 0.1) is 45.3 Å². The predicted octanol–water partition coefficient (Wildman–Crippen LogP) is 0.161. The molecule has 4 aliphatic rings. The molecule has 7 rings (SSSR count). The first-order valence-corrected chi connectivity index (χ1v) is 13.7. The molecule has 0 unspecified atom stereocenters. The second kappa shape index (κ2) is 9.48. The molecule has 0 bridgehead atoms. The van der Waals surface area contributed by atoms with Gasteiger partial charge in [0.2, 0.25) is 16.3 Å². The summed E-state index contributed by atoms with van der Waals surface area (Å²) in [5.41, 5.74) is -5.22. The fraction of sp³-hybridized carbons (Fsp3) is 0.152. The molecule has 1 aromatic heterocycles. The Labute approximate surface area is 250 Å². The van der Waals surface area contributed by atoms with Gasteiger partial charge in [-0.2, -0.15) is 0 Å². The van der Waals surface area contributed by atoms with Crippen LogP contribution in [0.5, 0.6) is 11.5 Å². The number of aromatic amines is 1. The van der Waals surface area contributed by atoms with Crippen LogP contribution >= 0.6 is 0 Å². The first-order chi connectivity index (χ1) is 21.6. The van der Waals surface area contributed by atoms with E-state index in [9.17, 15) is 39.3 Å². The quantitative estimate of drug-likeness (QED) is 0.162. The van der Waals surface area contributed by atoms with Gasteiger partial charge in [0.25, 0.3) is 5.56 Å². The average Bonchev–Trinajstić information content (AvgIpc) is 3.53. The average molecular weight is 607 g/mol. The molecule has 0 saturated carbocycles. The van der Waals surface area contributed by atoms with Crippen LogP contribution in [0.2, 0.25) is 0 Å². The highest BCUT2D eigenvalue weighted by molar-refractivity contribution is 6.06. The van der Waals surface area contributed by atoms with Crippen molar-refractivity contribution in [3.8, 4) is 22.6 Å². The largest absolute Gasteiger partial charge is 0.510 e. The van der Waals surface area contributed by atoms with Gasteiger partial charge >= 0.3 is 0 Å². The fourth-order valence-electron chi connectivity index (χ4n) is 6.98. The van der Waals surface area contributed by atoms with Crippen molar-refractivity contribution >= 4 is 28.5 Å². The van der Waals surface area contributed by atoms with Crippen LogP contribution in [0.25, 0.3) is 33.4 Å². The van der Waals surface area contributed by atoms with Crippen molar-refractivity contribution in [3.63, 3.8) is 0 Å². The second-order valence-corrected chi connectivity index (χ2v) is 10.9. The summed E-state index contributed by atoms with van der Waals surface area (Å²) in [5.74, 6) is -2.59. The molecule has 0 saturated heterocycles. The highest BCUT2D eigenvalue weighted by atomic mass is 16.6. The molecule has 0 amide bonds. The standard InChI is InChI=1S/C33H22N2O10/c1-44-18-11-17(36)21-22(26(18)37)28(39)24-23(27(21)38)30(41)33(31(24)42)9-8-15-19(13-6-4-3-5-7-13)16-10-14(12-34-45-2)35-32(43)20(16)29(40)25(15)33/h3-7,10-12,40-42H,8-9H2,1-2H3,(H,35,43)/b34-12+/t33-/m0/s1. The van der Waals surface area contributed by atoms with E-state index in [0.717, 1.165) is 13.2 Å². The van der Waals surface area contributed by atoms with E-state index in [1.54, 1.807) is 36.4 Å². The zero-order valence-electron chi connectivity index (χ0n) is 23.7. The number of aromatic hydroxyl groups is 1. The maximum absolute atomic E-state index is 13.8. The molecule has 12 heteroatoms. The molecule has 224 valence electrons. The zero-order valence-corrected chi connectivity index (χ0v) is 23.7. The Morgan fingerprint density at radius 3 is 2.18 bits per heavy atom. The van der Waals surface area contributed by atoms with Gasteiger partial charge in [-0.05, 0) is 35.6 Å². The minimum Gasteiger partial charge on any atom is -0.510 e. The Balaban J connectivity index is 1.69. The normalized spacial score (nSPS) is 17.1. The van der Waals surface area contributed by atoms with Gasteiger partial charge in [-0.3, -0.25) is 24.0 Å². The lowest BCUT2D eigenvalue weighted by molar-refractivity contribution is 0.215. The van der Waals surface area contributed by atoms with Gasteiger partial charge in [-0.1, -0.05) is 35.5 Å². The van der Waals surface area contributed by atoms with Gasteiger partial charge in [0.15, 0.2) is 11.2 Å². The van der Waals surface area contributed by atoms with Gasteiger partial charge in [-0.25, -0.2) is 0 Å². The molecule has 1 atom stereocenters. The van der Waals surface area contributed by atoms with Crippen LogP contribution < -0.4 is 42.4 Å². The van der Waals surface area contributed by atoms with Crippen molar-refractivity contribution in [1.29, 1.82) is 0 Å². The number of pyridine rings is 1. The number of nitrogens with zero attached hydrogens (tertiary/aromatic N) is 1. The summed E-state index contributed by atoms with van der Waals surface area (Å²) in [7, 11) is 2.46. The highest BCUT2D eigenvalue weighted by Crippen LogP contribution is 2.56. The smallest absolute Gasteiger partial charge is 0.260 e. The summed E-state index contributed by atoms with van der Waals surface area (Å²) in [6.45, 7) is 0. The first-order valence-electron chi connectivity index (χ1n) is 13.7. The van der Waals surface area contributed by atoms with Crippen LogP contribution in [0.3, 0.4) is 0 Å². The number of oxime groups is 1. The van der Waals surface area contributed by atoms with Gasteiger partial charge < -0.3 is 29.9 Å². The Morgan fingerprint density at radius 2 is 1.53 bits per heavy atom. The number of nitrogens with one attached hydrogen (secondary N) is 1. The number of phenols is 1. The molecule has 0 radical (unpaired) electrons. The lowest BCUT2D eigenvalue weighted by Crippen LogP contribution is -2.51. The number of methoxy groups -OCH3 is 1. The first kappa shape index (κ1) is 27.8. The molecule has 0 fully saturated rings. The molecular weight excluding hydrogens is 584 g/mol. The topological polar surface area (TPSA) is 193 Å². The molecule has 1 spiro atoms. The number of aromatic nitrogens is 1. The molecule has 0 aliphatic heterocycles. The number of aliphatic hydroxyl groups excluding tert-OH is 2. The summed E-state index contributed by atoms with van der Waals surface area (Å²) in [4.78, 5) is 74.4. The van der Waals surface area contributed by atoms with Crippen LogP contribution in [0.1, 0.15) is 23.2 Å². The molecule has 4 N–H and O–H groups in total. The summed E-state index contributed by atoms with van der Waals surface area (Å²) >= 11 is 0. The number of phenolic OH excluding ortho intramolecular Hbond substituents is 1. The maximum atomic E-state index is 13.8. The SMILES string of the molecule is CO/N=C/c1cc2c(-c3ccccc3)c3c(c(O)c2c(=O)[nH]1)[C@@]1(CC3)C(O)=c2c(=O)c3c(=O)cc(OC)c(=O)c=3c(=O)c2=C1O. The molecular formula is C33H22N2O10. The predicted molar refractivity (Wildman–Crippen MR) is 163 cm³/mol. The van der Waals surface area contributed by atoms with E-state index >= 15 is 0 Å². The second-order valence-electron chi connectivity index (χ2n) is 10.9. The lowest BCUT2D eigenvalue weighted by atomic mass is 9.77. The summed E-state index contributed by atoms with van der Waals surface area (Å²) < 4.78 is 4.93. The number of H-pyrrole nitrogens is 1. The third-order valence-electron chi connectivity index (χ3n) is 8.81. The summed E-state index contributed by atoms with van der Waals surface area (Å²) in [5, 5.41) is 36.5. The molecule has 1 heterocycles. The molecule has 3 aromatic rings. The van der Waals surface area contributed by atoms with Crippen LogP contribution in [-0.4, -0.2) is 40.7 Å². The van der Waals surface area contributed by atoms with Crippen molar-refractivity contribution in [1.82, 2.24) is 4.98 Å². The Kier molecular flexibility index (Phi) is 5.85. The molecule has 45 heavy (non-hydrogen) atoms. The zero-order chi connectivity index (χ0) is 31.9. The van der Waals surface area contributed by atoms with E-state index < -0.39 is 76.6 Å². The Morgan fingerprint density at radius 1 is 0.867 bits per heavy atom. The van der Waals surface area contributed by atoms with E-state index in [4.69, 9.17) is 9.57 Å². The van der Waals surface area contributed by atoms with E-state index in [2.05, 4.69) is 10.1 Å². The van der Waals surface area contributed by atoms with Crippen LogP contribution in [0.15, 0.2) is 71.6 Å². The minimum absolute atomic E-state index is 0.0750. The summed E-state index contributed by atoms with van der Waals surface area (Å²) in [6.07, 6.45) is 1.28. The lowest BCUT2D eigenvalue weighted by Gasteiger charge is -2.28. The molecule has 12 nitrogen and oxygen atoms in total. The third kappa shape index (κ3) is 3.41. The number of hydrogen-bond acceptors (Lipinski definition) is 11. The van der Waals surface area contributed by atoms with Gasteiger partial charge in [0.1, 0.15) is 29.8 Å². The van der Waals surface area contributed by atoms with Crippen LogP contribution in [0, 0.1) is 10.4 Å². The number of rotatable bonds is 4. The van der Waals surface area contributed by atoms with E-state index in [-0.39, 0.29) is 29.5 Å². The van der Waals surface area contributed by atoms with Crippen molar-refractivity contribution in [2.75, 3.05) is 14.2 Å². The van der Waals surface area contributed by atoms with Crippen molar-refractivity contribution in [3.05, 3.63) is 131 Å². The van der Waals surface area contributed by atoms with Gasteiger partial charge in [0, 0.05) is 17.0 Å². The molecule has 2 aromatic carbocycles. The van der Waals surface area contributed by atoms with E-state index in [1.807, 2.05) is 0 Å². The number of hydrogen-bond donors (Lipinski definition) is 4. The number of benzene rings is 2. The van der Waals surface area contributed by atoms with Crippen LogP contribution in [-0.2, 0) is 16.7 Å². The van der Waals surface area contributed by atoms with E-state index in [1.165, 1.54) is 13.3 Å². The van der Waals surface area contributed by atoms with Crippen molar-refractivity contribution in [2.45, 2.75) is 18.3 Å². The number of ether oxygens (including phenoxy) is 1. The fourth-order valence-corrected chi connectivity index (χ4v) is 6.98. The van der Waals surface area contributed by atoms with Crippen molar-refractivity contribution in [2.24, 2.45) is 5.16 Å². The Hall–Kier alpha value is -6.04. The summed E-state index contributed by atoms with van der Waals surface area (Å²) in [6, 6.07) is 11.3. The van der Waals surface area contributed by atoms with E-state index in [0.29, 0.717) is 22.1 Å². The highest BCUT2D eigenvalue weighted by Gasteiger charge is 2.54.